The Balaban J connectivity index is 1.48. The van der Waals surface area contributed by atoms with Crippen molar-refractivity contribution in [3.8, 4) is 0 Å². The Morgan fingerprint density at radius 3 is 2.70 bits per heavy atom. The summed E-state index contributed by atoms with van der Waals surface area (Å²) in [5.74, 6) is -0.157. The molecule has 0 spiro atoms. The van der Waals surface area contributed by atoms with Gasteiger partial charge in [0.05, 0.1) is 16.8 Å². The maximum Gasteiger partial charge on any atom is 0.250 e. The molecule has 4 nitrogen and oxygen atoms in total. The highest BCUT2D eigenvalue weighted by atomic mass is 32.1. The largest absolute Gasteiger partial charge is 0.364 e. The number of anilines is 1. The number of thiazole rings is 1. The summed E-state index contributed by atoms with van der Waals surface area (Å²) < 4.78 is 6.60. The predicted molar refractivity (Wildman–Crippen MR) is 93.7 cm³/mol. The number of fused-ring (bicyclic) bond motifs is 1. The Bertz CT molecular complexity index is 763. The van der Waals surface area contributed by atoms with Crippen LogP contribution in [0.4, 0.5) is 5.69 Å². The van der Waals surface area contributed by atoms with Crippen molar-refractivity contribution in [2.75, 3.05) is 11.9 Å². The molecule has 0 atom stereocenters. The van der Waals surface area contributed by atoms with Crippen LogP contribution in [0.1, 0.15) is 17.5 Å². The highest BCUT2D eigenvalue weighted by molar-refractivity contribution is 7.18. The molecule has 23 heavy (non-hydrogen) atoms. The Labute approximate surface area is 139 Å². The molecular formula is C18H18N2O2S. The minimum absolute atomic E-state index is 0.0193. The van der Waals surface area contributed by atoms with Gasteiger partial charge in [0, 0.05) is 5.69 Å². The van der Waals surface area contributed by atoms with E-state index in [1.165, 1.54) is 5.56 Å². The van der Waals surface area contributed by atoms with Crippen molar-refractivity contribution in [3.63, 3.8) is 0 Å². The normalized spacial score (nSPS) is 10.8. The predicted octanol–water partition coefficient (Wildman–Crippen LogP) is 4.01. The van der Waals surface area contributed by atoms with Gasteiger partial charge < -0.3 is 10.1 Å². The van der Waals surface area contributed by atoms with Gasteiger partial charge in [0.15, 0.2) is 0 Å². The number of aromatic nitrogens is 1. The summed E-state index contributed by atoms with van der Waals surface area (Å²) in [6, 6.07) is 15.8. The van der Waals surface area contributed by atoms with Crippen LogP contribution in [0, 0.1) is 0 Å². The van der Waals surface area contributed by atoms with Gasteiger partial charge in [-0.25, -0.2) is 4.98 Å². The molecule has 5 heteroatoms. The fourth-order valence-corrected chi connectivity index (χ4v) is 3.14. The minimum atomic E-state index is -0.157. The summed E-state index contributed by atoms with van der Waals surface area (Å²) in [4.78, 5) is 16.4. The molecule has 118 valence electrons. The molecule has 0 aliphatic heterocycles. The third kappa shape index (κ3) is 4.15. The summed E-state index contributed by atoms with van der Waals surface area (Å²) in [6.07, 6.45) is 0.986. The molecule has 3 aromatic rings. The lowest BCUT2D eigenvalue weighted by molar-refractivity contribution is -0.121. The smallest absolute Gasteiger partial charge is 0.250 e. The molecule has 1 aromatic heterocycles. The number of nitrogens with one attached hydrogen (secondary N) is 1. The Kier molecular flexibility index (Phi) is 5.00. The van der Waals surface area contributed by atoms with Gasteiger partial charge in [-0.15, -0.1) is 11.3 Å². The van der Waals surface area contributed by atoms with Crippen LogP contribution in [0.3, 0.4) is 0 Å². The zero-order chi connectivity index (χ0) is 16.1. The number of amides is 1. The lowest BCUT2D eigenvalue weighted by atomic mass is 10.1. The van der Waals surface area contributed by atoms with Crippen LogP contribution in [0.2, 0.25) is 0 Å². The molecular weight excluding hydrogens is 308 g/mol. The third-order valence-electron chi connectivity index (χ3n) is 3.44. The Morgan fingerprint density at radius 1 is 1.17 bits per heavy atom. The van der Waals surface area contributed by atoms with E-state index in [-0.39, 0.29) is 12.5 Å². The number of para-hydroxylation sites is 1. The average Bonchev–Trinajstić information content (AvgIpc) is 2.98. The number of rotatable bonds is 6. The number of aryl methyl sites for hydroxylation is 1. The van der Waals surface area contributed by atoms with Gasteiger partial charge >= 0.3 is 0 Å². The number of hydrogen-bond acceptors (Lipinski definition) is 4. The Morgan fingerprint density at radius 2 is 1.96 bits per heavy atom. The number of nitrogens with zero attached hydrogens (tertiary/aromatic N) is 1. The van der Waals surface area contributed by atoms with Gasteiger partial charge in [-0.3, -0.25) is 4.79 Å². The SMILES string of the molecule is CCc1ccc(NC(=O)COCc2nc3ccccc3s2)cc1. The van der Waals surface area contributed by atoms with E-state index < -0.39 is 0 Å². The van der Waals surface area contributed by atoms with E-state index in [1.807, 2.05) is 48.5 Å². The third-order valence-corrected chi connectivity index (χ3v) is 4.45. The summed E-state index contributed by atoms with van der Waals surface area (Å²) in [5, 5.41) is 3.71. The molecule has 0 fully saturated rings. The van der Waals surface area contributed by atoms with Crippen molar-refractivity contribution in [1.29, 1.82) is 0 Å². The number of carbonyl (C=O) groups excluding carboxylic acids is 1. The van der Waals surface area contributed by atoms with Gasteiger partial charge in [0.25, 0.3) is 0 Å². The molecule has 3 rings (SSSR count). The van der Waals surface area contributed by atoms with Gasteiger partial charge in [0.1, 0.15) is 11.6 Å². The van der Waals surface area contributed by atoms with Gasteiger partial charge in [-0.2, -0.15) is 0 Å². The zero-order valence-electron chi connectivity index (χ0n) is 12.9. The van der Waals surface area contributed by atoms with Crippen LogP contribution in [0.5, 0.6) is 0 Å². The fourth-order valence-electron chi connectivity index (χ4n) is 2.23. The minimum Gasteiger partial charge on any atom is -0.364 e. The highest BCUT2D eigenvalue weighted by Gasteiger charge is 2.06. The molecule has 0 bridgehead atoms. The van der Waals surface area contributed by atoms with Crippen molar-refractivity contribution >= 4 is 33.1 Å². The lowest BCUT2D eigenvalue weighted by Gasteiger charge is -2.06. The summed E-state index contributed by atoms with van der Waals surface area (Å²) >= 11 is 1.59. The summed E-state index contributed by atoms with van der Waals surface area (Å²) in [7, 11) is 0. The summed E-state index contributed by atoms with van der Waals surface area (Å²) in [5.41, 5.74) is 3.00. The van der Waals surface area contributed by atoms with E-state index in [9.17, 15) is 4.79 Å². The maximum atomic E-state index is 11.9. The second-order valence-corrected chi connectivity index (χ2v) is 6.28. The van der Waals surface area contributed by atoms with Gasteiger partial charge in [-0.05, 0) is 36.2 Å². The lowest BCUT2D eigenvalue weighted by Crippen LogP contribution is -2.18. The van der Waals surface area contributed by atoms with Gasteiger partial charge in [0.2, 0.25) is 5.91 Å². The van der Waals surface area contributed by atoms with Crippen molar-refractivity contribution in [2.45, 2.75) is 20.0 Å². The highest BCUT2D eigenvalue weighted by Crippen LogP contribution is 2.21. The standard InChI is InChI=1S/C18H18N2O2S/c1-2-13-7-9-14(10-8-13)19-17(21)11-22-12-18-20-15-5-3-4-6-16(15)23-18/h3-10H,2,11-12H2,1H3,(H,19,21). The van der Waals surface area contributed by atoms with Gasteiger partial charge in [-0.1, -0.05) is 31.2 Å². The quantitative estimate of drug-likeness (QED) is 0.744. The molecule has 0 aliphatic carbocycles. The molecule has 0 saturated carbocycles. The van der Waals surface area contributed by atoms with E-state index in [0.29, 0.717) is 6.61 Å². The number of benzene rings is 2. The van der Waals surface area contributed by atoms with E-state index in [1.54, 1.807) is 11.3 Å². The first-order valence-electron chi connectivity index (χ1n) is 7.55. The van der Waals surface area contributed by atoms with E-state index in [0.717, 1.165) is 27.3 Å². The molecule has 0 radical (unpaired) electrons. The van der Waals surface area contributed by atoms with Crippen LogP contribution >= 0.6 is 11.3 Å². The maximum absolute atomic E-state index is 11.9. The number of hydrogen-bond donors (Lipinski definition) is 1. The Hall–Kier alpha value is -2.24. The second-order valence-electron chi connectivity index (χ2n) is 5.17. The fraction of sp³-hybridized carbons (Fsp3) is 0.222. The first kappa shape index (κ1) is 15.6. The molecule has 1 N–H and O–H groups in total. The number of ether oxygens (including phenoxy) is 1. The van der Waals surface area contributed by atoms with E-state index in [4.69, 9.17) is 4.74 Å². The van der Waals surface area contributed by atoms with Crippen LogP contribution < -0.4 is 5.32 Å². The first-order chi connectivity index (χ1) is 11.2. The van der Waals surface area contributed by atoms with Crippen molar-refractivity contribution < 1.29 is 9.53 Å². The zero-order valence-corrected chi connectivity index (χ0v) is 13.7. The van der Waals surface area contributed by atoms with E-state index in [2.05, 4.69) is 17.2 Å². The van der Waals surface area contributed by atoms with Crippen LogP contribution in [-0.2, 0) is 22.6 Å². The molecule has 1 heterocycles. The molecule has 0 aliphatic rings. The second kappa shape index (κ2) is 7.35. The number of carbonyl (C=O) groups is 1. The first-order valence-corrected chi connectivity index (χ1v) is 8.37. The average molecular weight is 326 g/mol. The van der Waals surface area contributed by atoms with E-state index >= 15 is 0 Å². The van der Waals surface area contributed by atoms with Crippen LogP contribution in [0.25, 0.3) is 10.2 Å². The van der Waals surface area contributed by atoms with Crippen molar-refractivity contribution in [1.82, 2.24) is 4.98 Å². The molecule has 1 amide bonds. The van der Waals surface area contributed by atoms with Crippen molar-refractivity contribution in [2.24, 2.45) is 0 Å². The van der Waals surface area contributed by atoms with Crippen LogP contribution in [0.15, 0.2) is 48.5 Å². The molecule has 0 unspecified atom stereocenters. The topological polar surface area (TPSA) is 51.2 Å². The van der Waals surface area contributed by atoms with Crippen LogP contribution in [-0.4, -0.2) is 17.5 Å². The monoisotopic (exact) mass is 326 g/mol. The molecule has 2 aromatic carbocycles. The summed E-state index contributed by atoms with van der Waals surface area (Å²) in [6.45, 7) is 2.47. The molecule has 0 saturated heterocycles. The van der Waals surface area contributed by atoms with Crippen molar-refractivity contribution in [3.05, 3.63) is 59.1 Å².